The number of fused-ring (bicyclic) bond motifs is 1. The minimum absolute atomic E-state index is 0.219. The lowest BCUT2D eigenvalue weighted by atomic mass is 10.1. The molecule has 25 heavy (non-hydrogen) atoms. The van der Waals surface area contributed by atoms with Gasteiger partial charge < -0.3 is 9.73 Å². The molecular weight excluding hydrogens is 324 g/mol. The highest BCUT2D eigenvalue weighted by molar-refractivity contribution is 6.00. The summed E-state index contributed by atoms with van der Waals surface area (Å²) in [4.78, 5) is 38.0. The fourth-order valence-corrected chi connectivity index (χ4v) is 3.53. The zero-order chi connectivity index (χ0) is 17.4. The normalized spacial score (nSPS) is 22.3. The number of amides is 2. The highest BCUT2D eigenvalue weighted by atomic mass is 16.4. The Morgan fingerprint density at radius 3 is 2.72 bits per heavy atom. The molecular formula is C17H20N4O4. The van der Waals surface area contributed by atoms with Gasteiger partial charge in [-0.3, -0.25) is 24.4 Å². The number of rotatable bonds is 3. The van der Waals surface area contributed by atoms with Gasteiger partial charge in [0.15, 0.2) is 5.58 Å². The second-order valence-electron chi connectivity index (χ2n) is 6.53. The summed E-state index contributed by atoms with van der Waals surface area (Å²) in [6, 6.07) is 4.94. The number of benzene rings is 1. The second-order valence-corrected chi connectivity index (χ2v) is 6.53. The van der Waals surface area contributed by atoms with Crippen molar-refractivity contribution >= 4 is 22.9 Å². The lowest BCUT2D eigenvalue weighted by molar-refractivity contribution is -0.135. The first-order valence-corrected chi connectivity index (χ1v) is 8.52. The van der Waals surface area contributed by atoms with Gasteiger partial charge in [-0.05, 0) is 24.1 Å². The van der Waals surface area contributed by atoms with E-state index in [2.05, 4.69) is 15.5 Å². The fourth-order valence-electron chi connectivity index (χ4n) is 3.53. The molecule has 2 amide bonds. The zero-order valence-corrected chi connectivity index (χ0v) is 13.8. The van der Waals surface area contributed by atoms with E-state index in [9.17, 15) is 14.4 Å². The number of imide groups is 1. The van der Waals surface area contributed by atoms with Gasteiger partial charge in [-0.2, -0.15) is 0 Å². The molecule has 1 aromatic carbocycles. The molecule has 1 unspecified atom stereocenters. The molecule has 0 bridgehead atoms. The molecule has 2 aliphatic heterocycles. The molecule has 2 saturated heterocycles. The van der Waals surface area contributed by atoms with Crippen molar-refractivity contribution in [3.8, 4) is 0 Å². The maximum Gasteiger partial charge on any atom is 0.420 e. The Labute approximate surface area is 143 Å². The van der Waals surface area contributed by atoms with Gasteiger partial charge in [0.25, 0.3) is 0 Å². The molecule has 132 valence electrons. The van der Waals surface area contributed by atoms with Crippen molar-refractivity contribution in [2.75, 3.05) is 26.2 Å². The molecule has 1 atom stereocenters. The number of hydrogen-bond acceptors (Lipinski definition) is 6. The van der Waals surface area contributed by atoms with E-state index in [0.29, 0.717) is 17.5 Å². The van der Waals surface area contributed by atoms with E-state index in [0.717, 1.165) is 38.3 Å². The van der Waals surface area contributed by atoms with Crippen LogP contribution in [0.5, 0.6) is 0 Å². The van der Waals surface area contributed by atoms with Crippen LogP contribution in [0.25, 0.3) is 11.1 Å². The second kappa shape index (κ2) is 6.45. The Balaban J connectivity index is 1.63. The number of piperazine rings is 1. The largest absolute Gasteiger partial charge is 0.420 e. The van der Waals surface area contributed by atoms with Crippen molar-refractivity contribution in [2.24, 2.45) is 0 Å². The number of carbonyl (C=O) groups is 2. The van der Waals surface area contributed by atoms with E-state index in [1.807, 2.05) is 18.2 Å². The van der Waals surface area contributed by atoms with Crippen LogP contribution in [0.1, 0.15) is 24.4 Å². The quantitative estimate of drug-likeness (QED) is 0.760. The minimum Gasteiger partial charge on any atom is -0.408 e. The maximum atomic E-state index is 12.3. The lowest BCUT2D eigenvalue weighted by Crippen LogP contribution is -2.43. The van der Waals surface area contributed by atoms with Crippen LogP contribution in [-0.2, 0) is 16.1 Å². The minimum atomic E-state index is -0.703. The molecule has 2 fully saturated rings. The van der Waals surface area contributed by atoms with Gasteiger partial charge in [0, 0.05) is 39.1 Å². The average molecular weight is 344 g/mol. The van der Waals surface area contributed by atoms with Gasteiger partial charge in [-0.1, -0.05) is 6.07 Å². The smallest absolute Gasteiger partial charge is 0.408 e. The van der Waals surface area contributed by atoms with Crippen LogP contribution in [0.2, 0.25) is 0 Å². The number of aromatic nitrogens is 1. The molecule has 2 aromatic rings. The van der Waals surface area contributed by atoms with Crippen LogP contribution < -0.4 is 16.4 Å². The number of oxazole rings is 1. The van der Waals surface area contributed by atoms with Crippen LogP contribution in [0, 0.1) is 0 Å². The van der Waals surface area contributed by atoms with Crippen LogP contribution in [0.4, 0.5) is 0 Å². The van der Waals surface area contributed by atoms with E-state index >= 15 is 0 Å². The summed E-state index contributed by atoms with van der Waals surface area (Å²) in [6.07, 6.45) is 0.526. The number of hydrogen-bond donors (Lipinski definition) is 2. The predicted octanol–water partition coefficient (Wildman–Crippen LogP) is -0.0226. The first kappa shape index (κ1) is 16.0. The molecule has 3 heterocycles. The van der Waals surface area contributed by atoms with Crippen molar-refractivity contribution in [3.05, 3.63) is 34.3 Å². The molecule has 0 radical (unpaired) electrons. The SMILES string of the molecule is O=C1CCC(n2c(=O)oc3cc(CN4CCNCC4)ccc32)C(=O)N1. The molecule has 4 rings (SSSR count). The van der Waals surface area contributed by atoms with Crippen molar-refractivity contribution in [2.45, 2.75) is 25.4 Å². The molecule has 1 aromatic heterocycles. The van der Waals surface area contributed by atoms with E-state index in [-0.39, 0.29) is 12.3 Å². The Morgan fingerprint density at radius 1 is 1.16 bits per heavy atom. The summed E-state index contributed by atoms with van der Waals surface area (Å²) < 4.78 is 6.72. The van der Waals surface area contributed by atoms with Crippen LogP contribution in [0.3, 0.4) is 0 Å². The Kier molecular flexibility index (Phi) is 4.14. The van der Waals surface area contributed by atoms with Gasteiger partial charge >= 0.3 is 5.76 Å². The van der Waals surface area contributed by atoms with Crippen LogP contribution in [0.15, 0.2) is 27.4 Å². The average Bonchev–Trinajstić information content (AvgIpc) is 2.91. The summed E-state index contributed by atoms with van der Waals surface area (Å²) >= 11 is 0. The lowest BCUT2D eigenvalue weighted by Gasteiger charge is -2.27. The van der Waals surface area contributed by atoms with E-state index in [1.54, 1.807) is 0 Å². The Bertz CT molecular complexity index is 878. The number of nitrogens with one attached hydrogen (secondary N) is 2. The van der Waals surface area contributed by atoms with Crippen molar-refractivity contribution in [3.63, 3.8) is 0 Å². The topological polar surface area (TPSA) is 96.6 Å². The van der Waals surface area contributed by atoms with Gasteiger partial charge in [-0.15, -0.1) is 0 Å². The molecule has 0 aliphatic carbocycles. The highest BCUT2D eigenvalue weighted by Crippen LogP contribution is 2.24. The van der Waals surface area contributed by atoms with E-state index in [1.165, 1.54) is 4.57 Å². The molecule has 8 nitrogen and oxygen atoms in total. The third-order valence-corrected chi connectivity index (χ3v) is 4.82. The van der Waals surface area contributed by atoms with Crippen molar-refractivity contribution in [1.29, 1.82) is 0 Å². The molecule has 2 aliphatic rings. The monoisotopic (exact) mass is 344 g/mol. The van der Waals surface area contributed by atoms with Gasteiger partial charge in [0.1, 0.15) is 6.04 Å². The summed E-state index contributed by atoms with van der Waals surface area (Å²) in [5.41, 5.74) is 2.13. The van der Waals surface area contributed by atoms with E-state index < -0.39 is 17.7 Å². The maximum absolute atomic E-state index is 12.3. The third-order valence-electron chi connectivity index (χ3n) is 4.82. The predicted molar refractivity (Wildman–Crippen MR) is 90.0 cm³/mol. The summed E-state index contributed by atoms with van der Waals surface area (Å²) in [7, 11) is 0. The standard InChI is InChI=1S/C17H20N4O4/c22-15-4-3-13(16(23)19-15)21-12-2-1-11(9-14(12)25-17(21)24)10-20-7-5-18-6-8-20/h1-2,9,13,18H,3-8,10H2,(H,19,22,23). The molecule has 0 spiro atoms. The summed E-state index contributed by atoms with van der Waals surface area (Å²) in [6.45, 7) is 4.72. The highest BCUT2D eigenvalue weighted by Gasteiger charge is 2.31. The summed E-state index contributed by atoms with van der Waals surface area (Å²) in [5.74, 6) is -1.32. The first-order chi connectivity index (χ1) is 12.1. The molecule has 2 N–H and O–H groups in total. The van der Waals surface area contributed by atoms with Crippen molar-refractivity contribution < 1.29 is 14.0 Å². The van der Waals surface area contributed by atoms with Crippen molar-refractivity contribution in [1.82, 2.24) is 20.1 Å². The number of nitrogens with zero attached hydrogens (tertiary/aromatic N) is 2. The third kappa shape index (κ3) is 3.10. The van der Waals surface area contributed by atoms with Crippen LogP contribution >= 0.6 is 0 Å². The Hall–Kier alpha value is -2.45. The number of carbonyl (C=O) groups excluding carboxylic acids is 2. The fraction of sp³-hybridized carbons (Fsp3) is 0.471. The molecule has 8 heteroatoms. The Morgan fingerprint density at radius 2 is 1.96 bits per heavy atom. The van der Waals surface area contributed by atoms with Gasteiger partial charge in [0.2, 0.25) is 11.8 Å². The summed E-state index contributed by atoms with van der Waals surface area (Å²) in [5, 5.41) is 5.60. The van der Waals surface area contributed by atoms with Gasteiger partial charge in [0.05, 0.1) is 5.52 Å². The van der Waals surface area contributed by atoms with E-state index in [4.69, 9.17) is 4.42 Å². The molecule has 0 saturated carbocycles. The number of piperidine rings is 1. The van der Waals surface area contributed by atoms with Crippen LogP contribution in [-0.4, -0.2) is 47.5 Å². The zero-order valence-electron chi connectivity index (χ0n) is 13.8. The first-order valence-electron chi connectivity index (χ1n) is 8.52. The van der Waals surface area contributed by atoms with Gasteiger partial charge in [-0.25, -0.2) is 4.79 Å².